The van der Waals surface area contributed by atoms with Crippen LogP contribution in [0.25, 0.3) is 0 Å². The number of benzene rings is 1. The lowest BCUT2D eigenvalue weighted by Gasteiger charge is -2.22. The number of rotatable bonds is 5. The van der Waals surface area contributed by atoms with E-state index >= 15 is 0 Å². The molecule has 0 aliphatic carbocycles. The predicted molar refractivity (Wildman–Crippen MR) is 81.6 cm³/mol. The fourth-order valence-electron chi connectivity index (χ4n) is 2.05. The summed E-state index contributed by atoms with van der Waals surface area (Å²) in [6, 6.07) is 8.05. The highest BCUT2D eigenvalue weighted by Gasteiger charge is 2.16. The summed E-state index contributed by atoms with van der Waals surface area (Å²) in [4.78, 5) is 14.3. The van der Waals surface area contributed by atoms with E-state index in [1.54, 1.807) is 0 Å². The molecule has 0 N–H and O–H groups in total. The molecule has 0 heterocycles. The third-order valence-corrected chi connectivity index (χ3v) is 3.45. The van der Waals surface area contributed by atoms with Gasteiger partial charge in [0.1, 0.15) is 0 Å². The Kier molecular flexibility index (Phi) is 5.59. The number of nitrogens with zero attached hydrogens (tertiary/aromatic N) is 1. The maximum atomic E-state index is 12.4. The Labute approximate surface area is 117 Å². The van der Waals surface area contributed by atoms with E-state index in [1.807, 2.05) is 24.0 Å². The van der Waals surface area contributed by atoms with Gasteiger partial charge in [0.15, 0.2) is 0 Å². The molecular weight excluding hydrogens is 234 g/mol. The van der Waals surface area contributed by atoms with Crippen molar-refractivity contribution in [2.24, 2.45) is 0 Å². The second-order valence-corrected chi connectivity index (χ2v) is 6.07. The molecule has 0 bridgehead atoms. The summed E-state index contributed by atoms with van der Waals surface area (Å²) in [7, 11) is 0. The van der Waals surface area contributed by atoms with Crippen LogP contribution in [0.4, 0.5) is 0 Å². The van der Waals surface area contributed by atoms with Crippen LogP contribution in [0.3, 0.4) is 0 Å². The fraction of sp³-hybridized carbons (Fsp3) is 0.588. The summed E-state index contributed by atoms with van der Waals surface area (Å²) in [6.07, 6.45) is 2.19. The molecule has 0 fully saturated rings. The minimum atomic E-state index is 0.133. The number of carbonyl (C=O) groups excluding carboxylic acids is 1. The molecular formula is C17H27NO. The first-order chi connectivity index (χ1) is 8.90. The van der Waals surface area contributed by atoms with Crippen molar-refractivity contribution in [3.8, 4) is 0 Å². The highest BCUT2D eigenvalue weighted by molar-refractivity contribution is 5.94. The number of hydrogen-bond donors (Lipinski definition) is 0. The van der Waals surface area contributed by atoms with Crippen LogP contribution in [0.2, 0.25) is 0 Å². The first-order valence-electron chi connectivity index (χ1n) is 7.30. The molecule has 0 saturated heterocycles. The zero-order valence-electron chi connectivity index (χ0n) is 13.0. The Morgan fingerprint density at radius 3 is 2.11 bits per heavy atom. The van der Waals surface area contributed by atoms with Gasteiger partial charge in [-0.2, -0.15) is 0 Å². The van der Waals surface area contributed by atoms with Crippen molar-refractivity contribution in [2.45, 2.75) is 52.9 Å². The molecule has 1 amide bonds. The molecule has 0 spiro atoms. The Bertz CT molecular complexity index is 400. The normalized spacial score (nSPS) is 11.4. The van der Waals surface area contributed by atoms with E-state index in [1.165, 1.54) is 5.56 Å². The van der Waals surface area contributed by atoms with E-state index < -0.39 is 0 Å². The van der Waals surface area contributed by atoms with Crippen LogP contribution in [-0.4, -0.2) is 23.9 Å². The molecule has 0 saturated carbocycles. The number of unbranched alkanes of at least 4 members (excludes halogenated alkanes) is 1. The average Bonchev–Trinajstić information content (AvgIpc) is 2.38. The van der Waals surface area contributed by atoms with Gasteiger partial charge in [-0.1, -0.05) is 46.2 Å². The van der Waals surface area contributed by atoms with Crippen LogP contribution in [0.15, 0.2) is 24.3 Å². The van der Waals surface area contributed by atoms with Gasteiger partial charge in [0.2, 0.25) is 0 Å². The van der Waals surface area contributed by atoms with Gasteiger partial charge < -0.3 is 4.90 Å². The molecule has 106 valence electrons. The topological polar surface area (TPSA) is 20.3 Å². The van der Waals surface area contributed by atoms with E-state index in [0.29, 0.717) is 0 Å². The van der Waals surface area contributed by atoms with Crippen molar-refractivity contribution in [3.63, 3.8) is 0 Å². The van der Waals surface area contributed by atoms with Crippen molar-refractivity contribution >= 4 is 5.91 Å². The van der Waals surface area contributed by atoms with Crippen molar-refractivity contribution in [2.75, 3.05) is 13.1 Å². The Morgan fingerprint density at radius 2 is 1.68 bits per heavy atom. The highest BCUT2D eigenvalue weighted by atomic mass is 16.2. The van der Waals surface area contributed by atoms with Gasteiger partial charge in [0, 0.05) is 18.7 Å². The molecule has 1 aromatic rings. The number of amides is 1. The van der Waals surface area contributed by atoms with E-state index in [-0.39, 0.29) is 11.3 Å². The van der Waals surface area contributed by atoms with Crippen molar-refractivity contribution in [1.29, 1.82) is 0 Å². The van der Waals surface area contributed by atoms with Gasteiger partial charge in [-0.15, -0.1) is 0 Å². The largest absolute Gasteiger partial charge is 0.339 e. The van der Waals surface area contributed by atoms with Gasteiger partial charge in [-0.3, -0.25) is 4.79 Å². The number of carbonyl (C=O) groups is 1. The monoisotopic (exact) mass is 261 g/mol. The quantitative estimate of drug-likeness (QED) is 0.776. The second-order valence-electron chi connectivity index (χ2n) is 6.07. The fourth-order valence-corrected chi connectivity index (χ4v) is 2.05. The van der Waals surface area contributed by atoms with Gasteiger partial charge in [0.05, 0.1) is 0 Å². The van der Waals surface area contributed by atoms with Gasteiger partial charge >= 0.3 is 0 Å². The molecule has 1 rings (SSSR count). The zero-order valence-corrected chi connectivity index (χ0v) is 13.0. The van der Waals surface area contributed by atoms with Crippen molar-refractivity contribution in [1.82, 2.24) is 4.90 Å². The molecule has 0 unspecified atom stereocenters. The lowest BCUT2D eigenvalue weighted by Crippen LogP contribution is -2.31. The van der Waals surface area contributed by atoms with Crippen LogP contribution >= 0.6 is 0 Å². The molecule has 0 atom stereocenters. The lowest BCUT2D eigenvalue weighted by atomic mass is 9.86. The summed E-state index contributed by atoms with van der Waals surface area (Å²) in [5.41, 5.74) is 2.19. The lowest BCUT2D eigenvalue weighted by molar-refractivity contribution is 0.0762. The molecule has 2 nitrogen and oxygen atoms in total. The first-order valence-corrected chi connectivity index (χ1v) is 7.30. The second kappa shape index (κ2) is 6.74. The molecule has 0 aliphatic heterocycles. The van der Waals surface area contributed by atoms with Crippen LogP contribution in [0.1, 0.15) is 63.4 Å². The zero-order chi connectivity index (χ0) is 14.5. The molecule has 2 heteroatoms. The number of hydrogen-bond acceptors (Lipinski definition) is 1. The average molecular weight is 261 g/mol. The summed E-state index contributed by atoms with van der Waals surface area (Å²) in [6.45, 7) is 12.4. The summed E-state index contributed by atoms with van der Waals surface area (Å²) in [5.74, 6) is 0.149. The van der Waals surface area contributed by atoms with Crippen molar-refractivity contribution in [3.05, 3.63) is 35.4 Å². The minimum Gasteiger partial charge on any atom is -0.339 e. The third-order valence-electron chi connectivity index (χ3n) is 3.45. The standard InChI is InChI=1S/C17H27NO/c1-6-8-13-18(7-2)16(19)14-9-11-15(12-10-14)17(3,4)5/h9-12H,6-8,13H2,1-5H3. The molecule has 1 aromatic carbocycles. The van der Waals surface area contributed by atoms with E-state index in [0.717, 1.165) is 31.5 Å². The summed E-state index contributed by atoms with van der Waals surface area (Å²) < 4.78 is 0. The SMILES string of the molecule is CCCCN(CC)C(=O)c1ccc(C(C)(C)C)cc1. The molecule has 19 heavy (non-hydrogen) atoms. The Balaban J connectivity index is 2.82. The molecule has 0 aromatic heterocycles. The maximum Gasteiger partial charge on any atom is 0.253 e. The van der Waals surface area contributed by atoms with Gasteiger partial charge in [-0.25, -0.2) is 0 Å². The molecule has 0 radical (unpaired) electrons. The van der Waals surface area contributed by atoms with Crippen LogP contribution in [0.5, 0.6) is 0 Å². The van der Waals surface area contributed by atoms with Gasteiger partial charge in [-0.05, 0) is 36.5 Å². The smallest absolute Gasteiger partial charge is 0.253 e. The molecule has 0 aliphatic rings. The van der Waals surface area contributed by atoms with E-state index in [9.17, 15) is 4.79 Å². The van der Waals surface area contributed by atoms with Gasteiger partial charge in [0.25, 0.3) is 5.91 Å². The maximum absolute atomic E-state index is 12.4. The van der Waals surface area contributed by atoms with E-state index in [4.69, 9.17) is 0 Å². The highest BCUT2D eigenvalue weighted by Crippen LogP contribution is 2.22. The Morgan fingerprint density at radius 1 is 1.11 bits per heavy atom. The minimum absolute atomic E-state index is 0.133. The first kappa shape index (κ1) is 15.7. The van der Waals surface area contributed by atoms with Crippen LogP contribution in [-0.2, 0) is 5.41 Å². The van der Waals surface area contributed by atoms with E-state index in [2.05, 4.69) is 39.8 Å². The van der Waals surface area contributed by atoms with Crippen LogP contribution in [0, 0.1) is 0 Å². The summed E-state index contributed by atoms with van der Waals surface area (Å²) in [5, 5.41) is 0. The Hall–Kier alpha value is -1.31. The predicted octanol–water partition coefficient (Wildman–Crippen LogP) is 4.25. The van der Waals surface area contributed by atoms with Crippen LogP contribution < -0.4 is 0 Å². The van der Waals surface area contributed by atoms with Crippen molar-refractivity contribution < 1.29 is 4.79 Å². The summed E-state index contributed by atoms with van der Waals surface area (Å²) >= 11 is 0. The third kappa shape index (κ3) is 4.38.